The van der Waals surface area contributed by atoms with Crippen LogP contribution in [0.4, 0.5) is 0 Å². The standard InChI is InChI=1S/C24H28N2O2/c1-4-23(11-7-8-18(2)25)27-16-21-9-5-6-10-22(21)17-28-24-14-12-20(13-15-24)19(3)26/h4-7,9-15,25-26H,8,16-17H2,1-3H3/b11-7-,23-4+,25-18?,26-19?. The lowest BCUT2D eigenvalue weighted by molar-refractivity contribution is 0.207. The van der Waals surface area contributed by atoms with Gasteiger partial charge in [-0.15, -0.1) is 0 Å². The first-order chi connectivity index (χ1) is 13.5. The highest BCUT2D eigenvalue weighted by Gasteiger charge is 2.05. The van der Waals surface area contributed by atoms with E-state index in [4.69, 9.17) is 20.3 Å². The number of hydrogen-bond donors (Lipinski definition) is 2. The first-order valence-corrected chi connectivity index (χ1v) is 9.34. The Morgan fingerprint density at radius 2 is 1.57 bits per heavy atom. The van der Waals surface area contributed by atoms with E-state index in [0.29, 0.717) is 31.1 Å². The summed E-state index contributed by atoms with van der Waals surface area (Å²) in [6.45, 7) is 6.41. The van der Waals surface area contributed by atoms with Crippen LogP contribution in [-0.2, 0) is 18.0 Å². The van der Waals surface area contributed by atoms with Gasteiger partial charge in [0.05, 0.1) is 0 Å². The molecule has 2 N–H and O–H groups in total. The van der Waals surface area contributed by atoms with Crippen molar-refractivity contribution in [3.8, 4) is 5.75 Å². The van der Waals surface area contributed by atoms with Crippen LogP contribution in [0.25, 0.3) is 0 Å². The minimum absolute atomic E-state index is 0.455. The van der Waals surface area contributed by atoms with Gasteiger partial charge in [-0.25, -0.2) is 0 Å². The maximum atomic E-state index is 7.66. The van der Waals surface area contributed by atoms with Gasteiger partial charge in [0.25, 0.3) is 0 Å². The summed E-state index contributed by atoms with van der Waals surface area (Å²) in [5.41, 5.74) is 4.21. The summed E-state index contributed by atoms with van der Waals surface area (Å²) in [6.07, 6.45) is 6.39. The molecule has 0 aliphatic rings. The normalized spacial score (nSPS) is 11.5. The van der Waals surface area contributed by atoms with Crippen LogP contribution in [0.2, 0.25) is 0 Å². The van der Waals surface area contributed by atoms with Crippen LogP contribution in [0.5, 0.6) is 5.75 Å². The zero-order valence-corrected chi connectivity index (χ0v) is 16.8. The van der Waals surface area contributed by atoms with Crippen LogP contribution in [0.3, 0.4) is 0 Å². The molecule has 0 heterocycles. The number of allylic oxidation sites excluding steroid dienone is 3. The van der Waals surface area contributed by atoms with E-state index in [1.54, 1.807) is 13.8 Å². The van der Waals surface area contributed by atoms with Gasteiger partial charge < -0.3 is 20.3 Å². The third-order valence-electron chi connectivity index (χ3n) is 4.19. The summed E-state index contributed by atoms with van der Waals surface area (Å²) in [4.78, 5) is 0. The minimum Gasteiger partial charge on any atom is -0.489 e. The van der Waals surface area contributed by atoms with Gasteiger partial charge >= 0.3 is 0 Å². The molecule has 0 unspecified atom stereocenters. The first kappa shape index (κ1) is 21.2. The van der Waals surface area contributed by atoms with Gasteiger partial charge in [0.2, 0.25) is 0 Å². The molecule has 0 amide bonds. The van der Waals surface area contributed by atoms with Crippen molar-refractivity contribution in [1.29, 1.82) is 10.8 Å². The highest BCUT2D eigenvalue weighted by Crippen LogP contribution is 2.18. The SMILES string of the molecule is C/C=C(\C=C/CC(C)=N)OCc1ccccc1COc1ccc(C(C)=N)cc1. The van der Waals surface area contributed by atoms with E-state index < -0.39 is 0 Å². The van der Waals surface area contributed by atoms with E-state index in [1.165, 1.54) is 0 Å². The van der Waals surface area contributed by atoms with E-state index in [2.05, 4.69) is 0 Å². The number of rotatable bonds is 10. The molecule has 28 heavy (non-hydrogen) atoms. The Kier molecular flexibility index (Phi) is 8.22. The Bertz CT molecular complexity index is 864. The summed E-state index contributed by atoms with van der Waals surface area (Å²) >= 11 is 0. The number of nitrogens with one attached hydrogen (secondary N) is 2. The second-order valence-electron chi connectivity index (χ2n) is 6.57. The molecule has 2 aromatic rings. The second kappa shape index (κ2) is 10.9. The van der Waals surface area contributed by atoms with Gasteiger partial charge in [0.1, 0.15) is 24.7 Å². The molecule has 2 rings (SSSR count). The molecule has 0 bridgehead atoms. The van der Waals surface area contributed by atoms with Crippen molar-refractivity contribution in [2.24, 2.45) is 0 Å². The number of ether oxygens (including phenoxy) is 2. The molecule has 0 spiro atoms. The lowest BCUT2D eigenvalue weighted by Gasteiger charge is -2.13. The average Bonchev–Trinajstić information content (AvgIpc) is 2.69. The van der Waals surface area contributed by atoms with Crippen molar-refractivity contribution in [3.63, 3.8) is 0 Å². The number of hydrogen-bond acceptors (Lipinski definition) is 4. The molecule has 0 aliphatic carbocycles. The van der Waals surface area contributed by atoms with E-state index in [9.17, 15) is 0 Å². The Morgan fingerprint density at radius 1 is 0.929 bits per heavy atom. The average molecular weight is 377 g/mol. The summed E-state index contributed by atoms with van der Waals surface area (Å²) in [5.74, 6) is 1.56. The molecule has 0 saturated carbocycles. The van der Waals surface area contributed by atoms with E-state index >= 15 is 0 Å². The summed E-state index contributed by atoms with van der Waals surface area (Å²) < 4.78 is 11.8. The largest absolute Gasteiger partial charge is 0.489 e. The van der Waals surface area contributed by atoms with E-state index in [1.807, 2.05) is 73.7 Å². The highest BCUT2D eigenvalue weighted by molar-refractivity contribution is 5.96. The fourth-order valence-electron chi connectivity index (χ4n) is 2.54. The molecule has 4 nitrogen and oxygen atoms in total. The molecule has 146 valence electrons. The molecule has 2 aromatic carbocycles. The molecular weight excluding hydrogens is 348 g/mol. The summed E-state index contributed by atoms with van der Waals surface area (Å²) in [6, 6.07) is 15.6. The van der Waals surface area contributed by atoms with Crippen molar-refractivity contribution < 1.29 is 9.47 Å². The Morgan fingerprint density at radius 3 is 2.14 bits per heavy atom. The van der Waals surface area contributed by atoms with Gasteiger partial charge in [0.15, 0.2) is 0 Å². The monoisotopic (exact) mass is 376 g/mol. The van der Waals surface area contributed by atoms with E-state index in [-0.39, 0.29) is 0 Å². The Hall–Kier alpha value is -3.14. The van der Waals surface area contributed by atoms with Crippen LogP contribution < -0.4 is 4.74 Å². The van der Waals surface area contributed by atoms with Gasteiger partial charge in [-0.2, -0.15) is 0 Å². The third-order valence-corrected chi connectivity index (χ3v) is 4.19. The van der Waals surface area contributed by atoms with Gasteiger partial charge in [-0.1, -0.05) is 30.3 Å². The quantitative estimate of drug-likeness (QED) is 0.301. The van der Waals surface area contributed by atoms with Gasteiger partial charge in [-0.3, -0.25) is 0 Å². The molecular formula is C24H28N2O2. The third kappa shape index (κ3) is 6.88. The molecule has 0 fully saturated rings. The Labute approximate surface area is 167 Å². The molecule has 0 aliphatic heterocycles. The summed E-state index contributed by atoms with van der Waals surface area (Å²) in [5, 5.41) is 15.1. The lowest BCUT2D eigenvalue weighted by atomic mass is 10.1. The van der Waals surface area contributed by atoms with Crippen molar-refractivity contribution >= 4 is 11.4 Å². The maximum absolute atomic E-state index is 7.66. The number of benzene rings is 2. The van der Waals surface area contributed by atoms with Gasteiger partial charge in [0, 0.05) is 17.8 Å². The minimum atomic E-state index is 0.455. The van der Waals surface area contributed by atoms with Crippen LogP contribution in [0.1, 0.15) is 43.9 Å². The van der Waals surface area contributed by atoms with E-state index in [0.717, 1.165) is 28.2 Å². The zero-order valence-electron chi connectivity index (χ0n) is 16.8. The highest BCUT2D eigenvalue weighted by atomic mass is 16.5. The maximum Gasteiger partial charge on any atom is 0.119 e. The van der Waals surface area contributed by atoms with Crippen molar-refractivity contribution in [3.05, 3.63) is 89.2 Å². The van der Waals surface area contributed by atoms with Crippen molar-refractivity contribution in [1.82, 2.24) is 0 Å². The van der Waals surface area contributed by atoms with Crippen LogP contribution in [0, 0.1) is 10.8 Å². The first-order valence-electron chi connectivity index (χ1n) is 9.34. The Balaban J connectivity index is 1.97. The molecule has 0 atom stereocenters. The van der Waals surface area contributed by atoms with Crippen LogP contribution in [0.15, 0.2) is 72.5 Å². The summed E-state index contributed by atoms with van der Waals surface area (Å²) in [7, 11) is 0. The molecule has 0 radical (unpaired) electrons. The second-order valence-corrected chi connectivity index (χ2v) is 6.57. The topological polar surface area (TPSA) is 66.2 Å². The predicted molar refractivity (Wildman–Crippen MR) is 115 cm³/mol. The smallest absolute Gasteiger partial charge is 0.119 e. The zero-order chi connectivity index (χ0) is 20.4. The fraction of sp³-hybridized carbons (Fsp3) is 0.250. The van der Waals surface area contributed by atoms with Crippen LogP contribution in [-0.4, -0.2) is 11.4 Å². The fourth-order valence-corrected chi connectivity index (χ4v) is 2.54. The molecule has 0 aromatic heterocycles. The molecule has 4 heteroatoms. The van der Waals surface area contributed by atoms with Gasteiger partial charge in [-0.05, 0) is 73.9 Å². The van der Waals surface area contributed by atoms with Crippen molar-refractivity contribution in [2.45, 2.75) is 40.4 Å². The van der Waals surface area contributed by atoms with Crippen LogP contribution >= 0.6 is 0 Å². The molecule has 0 saturated heterocycles. The van der Waals surface area contributed by atoms with Crippen molar-refractivity contribution in [2.75, 3.05) is 0 Å². The predicted octanol–water partition coefficient (Wildman–Crippen LogP) is 6.06. The lowest BCUT2D eigenvalue weighted by Crippen LogP contribution is -2.02.